The number of anilines is 1. The molecule has 0 spiro atoms. The molecule has 25 nitrogen and oxygen atoms in total. The summed E-state index contributed by atoms with van der Waals surface area (Å²) in [6, 6.07) is 0. The van der Waals surface area contributed by atoms with Crippen LogP contribution in [-0.2, 0) is 55.5 Å². The lowest BCUT2D eigenvalue weighted by Gasteiger charge is -2.30. The quantitative estimate of drug-likeness (QED) is 0.0243. The predicted octanol–water partition coefficient (Wildman–Crippen LogP) is 1.93. The number of thioether (sulfide) groups is 1. The minimum atomic E-state index is -5.59. The number of carbonyl (C=O) groups is 4. The van der Waals surface area contributed by atoms with Crippen LogP contribution in [-0.4, -0.2) is 128 Å². The van der Waals surface area contributed by atoms with Gasteiger partial charge in [0.25, 0.3) is 0 Å². The van der Waals surface area contributed by atoms with Crippen molar-refractivity contribution in [1.29, 1.82) is 0 Å². The molecule has 7 atom stereocenters. The first-order valence-corrected chi connectivity index (χ1v) is 25.2. The van der Waals surface area contributed by atoms with E-state index in [-0.39, 0.29) is 66.0 Å². The number of hydrogen-bond acceptors (Lipinski definition) is 19. The molecule has 2 unspecified atom stereocenters. The summed E-state index contributed by atoms with van der Waals surface area (Å²) in [4.78, 5) is 100. The maximum absolute atomic E-state index is 12.7. The zero-order valence-corrected chi connectivity index (χ0v) is 38.3. The normalized spacial score (nSPS) is 20.7. The summed E-state index contributed by atoms with van der Waals surface area (Å²) in [6.45, 7) is 2.46. The summed E-state index contributed by atoms with van der Waals surface area (Å²) in [5.41, 5.74) is 4.23. The monoisotopic (exact) mass is 975 g/mol. The van der Waals surface area contributed by atoms with Gasteiger partial charge < -0.3 is 50.9 Å². The smallest absolute Gasteiger partial charge is 0.386 e. The van der Waals surface area contributed by atoms with E-state index in [2.05, 4.69) is 47.4 Å². The van der Waals surface area contributed by atoms with E-state index < -0.39 is 84.6 Å². The van der Waals surface area contributed by atoms with Gasteiger partial charge in [-0.15, -0.1) is 0 Å². The Morgan fingerprint density at radius 1 is 0.984 bits per heavy atom. The molecular weight excluding hydrogens is 919 g/mol. The first-order valence-electron chi connectivity index (χ1n) is 19.7. The fraction of sp³-hybridized carbons (Fsp3) is 0.676. The molecule has 356 valence electrons. The first kappa shape index (κ1) is 54.3. The molecule has 3 heterocycles. The number of rotatable bonds is 29. The molecule has 1 fully saturated rings. The number of aliphatic hydroxyl groups excluding tert-OH is 2. The maximum atomic E-state index is 12.7. The number of hydrogen-bond donors (Lipinski definition) is 9. The van der Waals surface area contributed by atoms with Crippen LogP contribution in [0.4, 0.5) is 5.82 Å². The summed E-state index contributed by atoms with van der Waals surface area (Å²) in [6.07, 6.45) is 3.24. The Bertz CT molecular complexity index is 2040. The minimum absolute atomic E-state index is 0.0247. The standard InChI is InChI=1S/C34H56N7O18P3S/c1-4-5-6-7-8-9-10-11-12-22(42)17-25(44)63-16-15-36-24(43)13-14-37-32(47)29(46)34(2,3)19-56-62(53,54)59-61(51,52)55-18-23-28(58-60(48,49)50)27(45)33(57-23)41-21-40-26-30(35)38-20-39-31(26)41/h9-10,20-21,23,27-29,33,45-46H,4-8,11-19H2,1-3H3,(H,36,43)(H,37,47)(H,51,52)(H,53,54)(H2,35,38,39)(H2,48,49,50)/b10-9+/t23-,27-,28-,29+,33-/m1/s1. The second kappa shape index (κ2) is 25.0. The number of amides is 2. The topological polar surface area (TPSA) is 381 Å². The summed E-state index contributed by atoms with van der Waals surface area (Å²) in [5, 5.41) is 26.1. The third-order valence-corrected chi connectivity index (χ3v) is 13.1. The van der Waals surface area contributed by atoms with Crippen molar-refractivity contribution in [2.24, 2.45) is 5.41 Å². The van der Waals surface area contributed by atoms with Crippen LogP contribution >= 0.6 is 35.2 Å². The minimum Gasteiger partial charge on any atom is -0.386 e. The number of unbranched alkanes of at least 4 members (excludes halogenated alkanes) is 4. The second-order valence-electron chi connectivity index (χ2n) is 14.9. The molecule has 2 aromatic heterocycles. The van der Waals surface area contributed by atoms with Crippen LogP contribution in [0.3, 0.4) is 0 Å². The number of ketones is 1. The maximum Gasteiger partial charge on any atom is 0.481 e. The van der Waals surface area contributed by atoms with E-state index in [0.717, 1.165) is 41.8 Å². The van der Waals surface area contributed by atoms with E-state index in [4.69, 9.17) is 19.5 Å². The fourth-order valence-electron chi connectivity index (χ4n) is 5.76. The van der Waals surface area contributed by atoms with Crippen molar-refractivity contribution in [1.82, 2.24) is 30.2 Å². The molecule has 0 radical (unpaired) electrons. The van der Waals surface area contributed by atoms with Gasteiger partial charge in [0.1, 0.15) is 42.0 Å². The Morgan fingerprint density at radius 2 is 1.68 bits per heavy atom. The third-order valence-electron chi connectivity index (χ3n) is 9.09. The molecule has 3 rings (SSSR count). The van der Waals surface area contributed by atoms with Gasteiger partial charge in [-0.2, -0.15) is 4.31 Å². The van der Waals surface area contributed by atoms with Gasteiger partial charge in [0.05, 0.1) is 26.0 Å². The molecule has 1 saturated heterocycles. The van der Waals surface area contributed by atoms with Crippen LogP contribution in [0, 0.1) is 5.41 Å². The van der Waals surface area contributed by atoms with E-state index >= 15 is 0 Å². The number of nitrogens with two attached hydrogens (primary N) is 1. The van der Waals surface area contributed by atoms with Gasteiger partial charge in [-0.25, -0.2) is 28.6 Å². The molecule has 0 aliphatic carbocycles. The van der Waals surface area contributed by atoms with Gasteiger partial charge >= 0.3 is 23.5 Å². The number of nitrogens with one attached hydrogen (secondary N) is 2. The molecule has 1 aliphatic heterocycles. The van der Waals surface area contributed by atoms with E-state index in [0.29, 0.717) is 6.42 Å². The highest BCUT2D eigenvalue weighted by Crippen LogP contribution is 2.61. The largest absolute Gasteiger partial charge is 0.481 e. The zero-order chi connectivity index (χ0) is 47.0. The van der Waals surface area contributed by atoms with E-state index in [9.17, 15) is 62.7 Å². The predicted molar refractivity (Wildman–Crippen MR) is 224 cm³/mol. The molecule has 10 N–H and O–H groups in total. The van der Waals surface area contributed by atoms with E-state index in [1.165, 1.54) is 33.1 Å². The fourth-order valence-corrected chi connectivity index (χ4v) is 9.29. The number of aromatic nitrogens is 4. The number of fused-ring (bicyclic) bond motifs is 1. The summed E-state index contributed by atoms with van der Waals surface area (Å²) in [7, 11) is -16.4. The molecule has 2 amide bonds. The first-order chi connectivity index (χ1) is 29.4. The summed E-state index contributed by atoms with van der Waals surface area (Å²) in [5.74, 6) is -1.48. The van der Waals surface area contributed by atoms with Crippen molar-refractivity contribution in [2.75, 3.05) is 37.8 Å². The number of ether oxygens (including phenoxy) is 1. The van der Waals surface area contributed by atoms with Crippen LogP contribution < -0.4 is 16.4 Å². The number of aliphatic hydroxyl groups is 2. The molecule has 1 aliphatic rings. The van der Waals surface area contributed by atoms with E-state index in [1.807, 2.05) is 6.08 Å². The van der Waals surface area contributed by atoms with E-state index in [1.54, 1.807) is 0 Å². The average molecular weight is 976 g/mol. The lowest BCUT2D eigenvalue weighted by atomic mass is 9.87. The van der Waals surface area contributed by atoms with Gasteiger partial charge in [0.15, 0.2) is 22.8 Å². The Hall–Kier alpha value is -3.03. The molecule has 2 aromatic rings. The van der Waals surface area contributed by atoms with Crippen LogP contribution in [0.2, 0.25) is 0 Å². The molecule has 0 aromatic carbocycles. The van der Waals surface area contributed by atoms with Gasteiger partial charge in [-0.1, -0.05) is 63.9 Å². The zero-order valence-electron chi connectivity index (χ0n) is 34.8. The second-order valence-corrected chi connectivity index (χ2v) is 20.3. The van der Waals surface area contributed by atoms with Crippen LogP contribution in [0.1, 0.15) is 84.8 Å². The number of nitrogens with zero attached hydrogens (tertiary/aromatic N) is 4. The van der Waals surface area contributed by atoms with Crippen molar-refractivity contribution in [3.8, 4) is 0 Å². The number of imidazole rings is 1. The average Bonchev–Trinajstić information content (AvgIpc) is 3.75. The molecular formula is C34H56N7O18P3S. The Labute approximate surface area is 366 Å². The third kappa shape index (κ3) is 18.8. The van der Waals surface area contributed by atoms with Gasteiger partial charge in [-0.3, -0.25) is 37.3 Å². The Balaban J connectivity index is 1.39. The number of Topliss-reactive ketones (excluding diaryl/α,β-unsaturated/α-hetero) is 1. The van der Waals surface area contributed by atoms with Crippen molar-refractivity contribution in [3.05, 3.63) is 24.8 Å². The van der Waals surface area contributed by atoms with Crippen molar-refractivity contribution >= 4 is 74.9 Å². The summed E-state index contributed by atoms with van der Waals surface area (Å²) >= 11 is 0.915. The molecule has 63 heavy (non-hydrogen) atoms. The highest BCUT2D eigenvalue weighted by molar-refractivity contribution is 8.13. The lowest BCUT2D eigenvalue weighted by molar-refractivity contribution is -0.137. The molecule has 29 heteroatoms. The van der Waals surface area contributed by atoms with Crippen LogP contribution in [0.25, 0.3) is 11.2 Å². The Morgan fingerprint density at radius 3 is 2.38 bits per heavy atom. The van der Waals surface area contributed by atoms with Gasteiger partial charge in [-0.05, 0) is 19.3 Å². The SMILES string of the molecule is CCCCCC/C=C/CCC(=O)CC(=O)SCCNC(=O)CCNC(=O)[C@H](O)C(C)(C)COP(=O)(O)OP(=O)(O)OC[C@H]1O[C@@H](n2cnc3c(N)ncnc32)[C@H](O)[C@@H]1OP(=O)(O)O. The van der Waals surface area contributed by atoms with Crippen LogP contribution in [0.15, 0.2) is 24.8 Å². The summed E-state index contributed by atoms with van der Waals surface area (Å²) < 4.78 is 62.2. The Kier molecular flexibility index (Phi) is 21.6. The number of phosphoric acid groups is 3. The van der Waals surface area contributed by atoms with Gasteiger partial charge in [0, 0.05) is 37.1 Å². The van der Waals surface area contributed by atoms with Crippen LogP contribution in [0.5, 0.6) is 0 Å². The molecule has 0 saturated carbocycles. The van der Waals surface area contributed by atoms with Crippen molar-refractivity contribution in [2.45, 2.75) is 109 Å². The molecule has 0 bridgehead atoms. The highest BCUT2D eigenvalue weighted by atomic mass is 32.2. The highest BCUT2D eigenvalue weighted by Gasteiger charge is 2.50. The number of phosphoric ester groups is 3. The number of nitrogen functional groups attached to an aromatic ring is 1. The lowest BCUT2D eigenvalue weighted by Crippen LogP contribution is -2.46. The van der Waals surface area contributed by atoms with Crippen molar-refractivity contribution in [3.63, 3.8) is 0 Å². The van der Waals surface area contributed by atoms with Gasteiger partial charge in [0.2, 0.25) is 11.8 Å². The number of carbonyl (C=O) groups excluding carboxylic acids is 4. The number of allylic oxidation sites excluding steroid dienone is 2. The van der Waals surface area contributed by atoms with Crippen molar-refractivity contribution < 1.29 is 85.3 Å².